The van der Waals surface area contributed by atoms with Gasteiger partial charge in [-0.05, 0) is 63.6 Å². The lowest BCUT2D eigenvalue weighted by Gasteiger charge is -2.28. The summed E-state index contributed by atoms with van der Waals surface area (Å²) in [6.07, 6.45) is 4.60. The molecule has 22 heavy (non-hydrogen) atoms. The highest BCUT2D eigenvalue weighted by atomic mass is 16.1. The van der Waals surface area contributed by atoms with E-state index < -0.39 is 0 Å². The third-order valence-corrected chi connectivity index (χ3v) is 4.40. The maximum Gasteiger partial charge on any atom is 0.251 e. The fourth-order valence-corrected chi connectivity index (χ4v) is 2.98. The second-order valence-electron chi connectivity index (χ2n) is 6.42. The van der Waals surface area contributed by atoms with Crippen molar-refractivity contribution >= 4 is 5.91 Å². The number of carbonyl (C=O) groups excluding carboxylic acids is 1. The van der Waals surface area contributed by atoms with E-state index in [1.807, 2.05) is 37.4 Å². The molecule has 0 saturated carbocycles. The molecule has 2 N–H and O–H groups in total. The third kappa shape index (κ3) is 2.76. The fourth-order valence-electron chi connectivity index (χ4n) is 2.98. The standard InChI is InChI=1S/C17H22N4O/c1-12-11-13(5-6-14(12)21-10-4-8-19-21)16(22)20-15-7-9-18-17(15,2)3/h4-6,8,10-11,15,18H,7,9H2,1-3H3,(H,20,22). The first kappa shape index (κ1) is 14.8. The maximum atomic E-state index is 12.5. The number of amides is 1. The van der Waals surface area contributed by atoms with Crippen molar-refractivity contribution in [2.45, 2.75) is 38.8 Å². The zero-order valence-corrected chi connectivity index (χ0v) is 13.3. The van der Waals surface area contributed by atoms with Crippen LogP contribution in [0.15, 0.2) is 36.7 Å². The second kappa shape index (κ2) is 5.57. The van der Waals surface area contributed by atoms with Gasteiger partial charge in [-0.1, -0.05) is 0 Å². The van der Waals surface area contributed by atoms with Gasteiger partial charge >= 0.3 is 0 Å². The Labute approximate surface area is 130 Å². The van der Waals surface area contributed by atoms with Gasteiger partial charge in [-0.3, -0.25) is 4.79 Å². The molecule has 1 aliphatic heterocycles. The van der Waals surface area contributed by atoms with Gasteiger partial charge in [-0.15, -0.1) is 0 Å². The third-order valence-electron chi connectivity index (χ3n) is 4.40. The zero-order valence-electron chi connectivity index (χ0n) is 13.3. The van der Waals surface area contributed by atoms with Crippen LogP contribution >= 0.6 is 0 Å². The molecule has 3 rings (SSSR count). The van der Waals surface area contributed by atoms with Crippen molar-refractivity contribution in [3.05, 3.63) is 47.8 Å². The van der Waals surface area contributed by atoms with Crippen LogP contribution in [0.5, 0.6) is 0 Å². The summed E-state index contributed by atoms with van der Waals surface area (Å²) in [4.78, 5) is 12.5. The van der Waals surface area contributed by atoms with E-state index >= 15 is 0 Å². The van der Waals surface area contributed by atoms with E-state index in [1.54, 1.807) is 10.9 Å². The fraction of sp³-hybridized carbons (Fsp3) is 0.412. The quantitative estimate of drug-likeness (QED) is 0.912. The average Bonchev–Trinajstić information content (AvgIpc) is 3.09. The molecule has 1 atom stereocenters. The number of benzene rings is 1. The highest BCUT2D eigenvalue weighted by molar-refractivity contribution is 5.95. The smallest absolute Gasteiger partial charge is 0.251 e. The summed E-state index contributed by atoms with van der Waals surface area (Å²) in [6, 6.07) is 7.76. The Kier molecular flexibility index (Phi) is 3.74. The summed E-state index contributed by atoms with van der Waals surface area (Å²) in [5.41, 5.74) is 2.65. The van der Waals surface area contributed by atoms with Crippen LogP contribution in [0.3, 0.4) is 0 Å². The van der Waals surface area contributed by atoms with Gasteiger partial charge in [-0.2, -0.15) is 5.10 Å². The van der Waals surface area contributed by atoms with Gasteiger partial charge in [0, 0.05) is 29.5 Å². The Morgan fingerprint density at radius 1 is 1.45 bits per heavy atom. The minimum Gasteiger partial charge on any atom is -0.347 e. The molecule has 5 nitrogen and oxygen atoms in total. The van der Waals surface area contributed by atoms with Gasteiger partial charge < -0.3 is 10.6 Å². The molecule has 0 aliphatic carbocycles. The Morgan fingerprint density at radius 3 is 2.86 bits per heavy atom. The minimum atomic E-state index is -0.0558. The van der Waals surface area contributed by atoms with Crippen LogP contribution < -0.4 is 10.6 Å². The van der Waals surface area contributed by atoms with Crippen LogP contribution in [0.2, 0.25) is 0 Å². The van der Waals surface area contributed by atoms with Crippen LogP contribution in [-0.4, -0.2) is 33.8 Å². The van der Waals surface area contributed by atoms with Crippen molar-refractivity contribution in [3.63, 3.8) is 0 Å². The largest absolute Gasteiger partial charge is 0.347 e. The van der Waals surface area contributed by atoms with E-state index in [-0.39, 0.29) is 17.5 Å². The first-order valence-corrected chi connectivity index (χ1v) is 7.64. The van der Waals surface area contributed by atoms with Gasteiger partial charge in [0.15, 0.2) is 0 Å². The summed E-state index contributed by atoms with van der Waals surface area (Å²) in [5.74, 6) is -0.0168. The molecule has 1 fully saturated rings. The van der Waals surface area contributed by atoms with Crippen molar-refractivity contribution in [1.82, 2.24) is 20.4 Å². The van der Waals surface area contributed by atoms with Crippen molar-refractivity contribution in [3.8, 4) is 5.69 Å². The molecule has 2 heterocycles. The highest BCUT2D eigenvalue weighted by Gasteiger charge is 2.35. The lowest BCUT2D eigenvalue weighted by Crippen LogP contribution is -2.50. The first-order chi connectivity index (χ1) is 10.5. The lowest BCUT2D eigenvalue weighted by atomic mass is 9.96. The van der Waals surface area contributed by atoms with Crippen LogP contribution in [0.1, 0.15) is 36.2 Å². The predicted octanol–water partition coefficient (Wildman–Crippen LogP) is 2.05. The number of carbonyl (C=O) groups is 1. The van der Waals surface area contributed by atoms with E-state index in [0.717, 1.165) is 24.2 Å². The predicted molar refractivity (Wildman–Crippen MR) is 86.3 cm³/mol. The Bertz CT molecular complexity index is 676. The molecule has 2 aromatic rings. The zero-order chi connectivity index (χ0) is 15.7. The summed E-state index contributed by atoms with van der Waals surface area (Å²) in [6.45, 7) is 7.18. The molecule has 0 radical (unpaired) electrons. The van der Waals surface area contributed by atoms with Crippen molar-refractivity contribution in [2.75, 3.05) is 6.54 Å². The summed E-state index contributed by atoms with van der Waals surface area (Å²) in [5, 5.41) is 10.8. The molecular weight excluding hydrogens is 276 g/mol. The van der Waals surface area contributed by atoms with E-state index in [1.165, 1.54) is 0 Å². The summed E-state index contributed by atoms with van der Waals surface area (Å²) in [7, 11) is 0. The van der Waals surface area contributed by atoms with Gasteiger partial charge in [0.05, 0.1) is 5.69 Å². The van der Waals surface area contributed by atoms with Crippen molar-refractivity contribution < 1.29 is 4.79 Å². The molecule has 1 saturated heterocycles. The van der Waals surface area contributed by atoms with Crippen LogP contribution in [-0.2, 0) is 0 Å². The molecule has 116 valence electrons. The topological polar surface area (TPSA) is 59.0 Å². The highest BCUT2D eigenvalue weighted by Crippen LogP contribution is 2.20. The number of nitrogens with zero attached hydrogens (tertiary/aromatic N) is 2. The number of nitrogens with one attached hydrogen (secondary N) is 2. The lowest BCUT2D eigenvalue weighted by molar-refractivity contribution is 0.0923. The number of hydrogen-bond donors (Lipinski definition) is 2. The SMILES string of the molecule is Cc1cc(C(=O)NC2CCNC2(C)C)ccc1-n1cccn1. The average molecular weight is 298 g/mol. The molecule has 5 heteroatoms. The van der Waals surface area contributed by atoms with E-state index in [4.69, 9.17) is 0 Å². The van der Waals surface area contributed by atoms with Gasteiger partial charge in [-0.25, -0.2) is 4.68 Å². The van der Waals surface area contributed by atoms with Crippen LogP contribution in [0.4, 0.5) is 0 Å². The van der Waals surface area contributed by atoms with E-state index in [9.17, 15) is 4.79 Å². The molecule has 1 amide bonds. The maximum absolute atomic E-state index is 12.5. The van der Waals surface area contributed by atoms with Crippen molar-refractivity contribution in [1.29, 1.82) is 0 Å². The Morgan fingerprint density at radius 2 is 2.27 bits per heavy atom. The van der Waals surface area contributed by atoms with E-state index in [0.29, 0.717) is 5.56 Å². The Balaban J connectivity index is 1.78. The second-order valence-corrected chi connectivity index (χ2v) is 6.42. The van der Waals surface area contributed by atoms with Crippen molar-refractivity contribution in [2.24, 2.45) is 0 Å². The molecular formula is C17H22N4O. The minimum absolute atomic E-state index is 0.0168. The first-order valence-electron chi connectivity index (χ1n) is 7.64. The summed E-state index contributed by atoms with van der Waals surface area (Å²) >= 11 is 0. The van der Waals surface area contributed by atoms with Gasteiger partial charge in [0.25, 0.3) is 5.91 Å². The molecule has 0 bridgehead atoms. The normalized spacial score (nSPS) is 20.0. The molecule has 1 aromatic carbocycles. The number of hydrogen-bond acceptors (Lipinski definition) is 3. The molecule has 1 unspecified atom stereocenters. The van der Waals surface area contributed by atoms with Gasteiger partial charge in [0.2, 0.25) is 0 Å². The molecule has 1 aromatic heterocycles. The van der Waals surface area contributed by atoms with Crippen LogP contribution in [0.25, 0.3) is 5.69 Å². The Hall–Kier alpha value is -2.14. The van der Waals surface area contributed by atoms with Gasteiger partial charge in [0.1, 0.15) is 0 Å². The monoisotopic (exact) mass is 298 g/mol. The number of rotatable bonds is 3. The molecule has 1 aliphatic rings. The molecule has 0 spiro atoms. The van der Waals surface area contributed by atoms with E-state index in [2.05, 4.69) is 29.6 Å². The summed E-state index contributed by atoms with van der Waals surface area (Å²) < 4.78 is 1.81. The number of aryl methyl sites for hydroxylation is 1. The van der Waals surface area contributed by atoms with Crippen LogP contribution in [0, 0.1) is 6.92 Å². The number of aromatic nitrogens is 2.